The summed E-state index contributed by atoms with van der Waals surface area (Å²) in [6.45, 7) is 4.46. The van der Waals surface area contributed by atoms with Gasteiger partial charge in [0.1, 0.15) is 6.10 Å². The van der Waals surface area contributed by atoms with Crippen molar-refractivity contribution in [2.45, 2.75) is 51.7 Å². The summed E-state index contributed by atoms with van der Waals surface area (Å²) in [5.41, 5.74) is 2.47. The molecule has 2 rings (SSSR count). The van der Waals surface area contributed by atoms with Crippen molar-refractivity contribution in [2.75, 3.05) is 0 Å². The molecule has 21 heavy (non-hydrogen) atoms. The SMILES string of the molecule is CCCC(CCC)OC(c1ccccc1)c1ccccc1. The Balaban J connectivity index is 2.24. The highest BCUT2D eigenvalue weighted by atomic mass is 16.5. The Hall–Kier alpha value is -1.60. The van der Waals surface area contributed by atoms with E-state index in [0.29, 0.717) is 6.10 Å². The van der Waals surface area contributed by atoms with E-state index >= 15 is 0 Å². The third-order valence-corrected chi connectivity index (χ3v) is 3.75. The van der Waals surface area contributed by atoms with Gasteiger partial charge in [0.15, 0.2) is 0 Å². The predicted octanol–water partition coefficient (Wildman–Crippen LogP) is 5.76. The van der Waals surface area contributed by atoms with Gasteiger partial charge in [-0.05, 0) is 24.0 Å². The molecular formula is C20H26O. The third-order valence-electron chi connectivity index (χ3n) is 3.75. The summed E-state index contributed by atoms with van der Waals surface area (Å²) in [6.07, 6.45) is 4.97. The van der Waals surface area contributed by atoms with E-state index in [0.717, 1.165) is 12.8 Å². The van der Waals surface area contributed by atoms with Gasteiger partial charge in [-0.3, -0.25) is 0 Å². The Morgan fingerprint density at radius 2 is 1.14 bits per heavy atom. The summed E-state index contributed by atoms with van der Waals surface area (Å²) in [7, 11) is 0. The summed E-state index contributed by atoms with van der Waals surface area (Å²) in [4.78, 5) is 0. The van der Waals surface area contributed by atoms with Crippen molar-refractivity contribution >= 4 is 0 Å². The van der Waals surface area contributed by atoms with Crippen LogP contribution < -0.4 is 0 Å². The van der Waals surface area contributed by atoms with E-state index in [1.807, 2.05) is 0 Å². The maximum atomic E-state index is 6.50. The zero-order valence-electron chi connectivity index (χ0n) is 13.2. The average molecular weight is 282 g/mol. The van der Waals surface area contributed by atoms with Gasteiger partial charge in [0.2, 0.25) is 0 Å². The molecule has 0 amide bonds. The molecule has 2 aromatic rings. The van der Waals surface area contributed by atoms with Crippen molar-refractivity contribution in [2.24, 2.45) is 0 Å². The third kappa shape index (κ3) is 4.71. The first-order valence-corrected chi connectivity index (χ1v) is 8.10. The molecule has 0 radical (unpaired) electrons. The zero-order valence-corrected chi connectivity index (χ0v) is 13.2. The molecule has 0 unspecified atom stereocenters. The van der Waals surface area contributed by atoms with Gasteiger partial charge in [0, 0.05) is 0 Å². The highest BCUT2D eigenvalue weighted by Crippen LogP contribution is 2.29. The molecule has 1 heteroatoms. The molecule has 0 spiro atoms. The summed E-state index contributed by atoms with van der Waals surface area (Å²) in [5, 5.41) is 0. The van der Waals surface area contributed by atoms with Crippen LogP contribution in [0.15, 0.2) is 60.7 Å². The largest absolute Gasteiger partial charge is 0.366 e. The second kappa shape index (κ2) is 8.63. The van der Waals surface area contributed by atoms with Crippen LogP contribution in [0.3, 0.4) is 0 Å². The Morgan fingerprint density at radius 1 is 0.714 bits per heavy atom. The summed E-state index contributed by atoms with van der Waals surface area (Å²) in [5.74, 6) is 0. The van der Waals surface area contributed by atoms with Crippen LogP contribution in [0.25, 0.3) is 0 Å². The van der Waals surface area contributed by atoms with Crippen molar-refractivity contribution < 1.29 is 4.74 Å². The van der Waals surface area contributed by atoms with Crippen LogP contribution in [0, 0.1) is 0 Å². The minimum absolute atomic E-state index is 0.0375. The molecule has 0 saturated carbocycles. The fourth-order valence-corrected chi connectivity index (χ4v) is 2.72. The van der Waals surface area contributed by atoms with Gasteiger partial charge < -0.3 is 4.74 Å². The first-order chi connectivity index (χ1) is 10.3. The van der Waals surface area contributed by atoms with Gasteiger partial charge in [0.05, 0.1) is 6.10 Å². The zero-order chi connectivity index (χ0) is 14.9. The summed E-state index contributed by atoms with van der Waals surface area (Å²) in [6, 6.07) is 21.1. The Kier molecular flexibility index (Phi) is 6.49. The molecule has 2 aromatic carbocycles. The highest BCUT2D eigenvalue weighted by molar-refractivity contribution is 5.29. The van der Waals surface area contributed by atoms with Crippen LogP contribution in [0.2, 0.25) is 0 Å². The Morgan fingerprint density at radius 3 is 1.52 bits per heavy atom. The predicted molar refractivity (Wildman–Crippen MR) is 89.4 cm³/mol. The van der Waals surface area contributed by atoms with Gasteiger partial charge in [0.25, 0.3) is 0 Å². The molecule has 0 N–H and O–H groups in total. The number of hydrogen-bond donors (Lipinski definition) is 0. The first kappa shape index (κ1) is 15.8. The fourth-order valence-electron chi connectivity index (χ4n) is 2.72. The normalized spacial score (nSPS) is 11.2. The number of rotatable bonds is 8. The molecule has 0 aliphatic carbocycles. The van der Waals surface area contributed by atoms with E-state index in [4.69, 9.17) is 4.74 Å². The van der Waals surface area contributed by atoms with Crippen LogP contribution >= 0.6 is 0 Å². The van der Waals surface area contributed by atoms with Gasteiger partial charge in [-0.15, -0.1) is 0 Å². The molecule has 0 bridgehead atoms. The maximum absolute atomic E-state index is 6.50. The lowest BCUT2D eigenvalue weighted by molar-refractivity contribution is -0.00198. The second-order valence-corrected chi connectivity index (χ2v) is 5.54. The van der Waals surface area contributed by atoms with Crippen LogP contribution in [0.1, 0.15) is 56.8 Å². The number of benzene rings is 2. The van der Waals surface area contributed by atoms with Crippen LogP contribution in [0.5, 0.6) is 0 Å². The lowest BCUT2D eigenvalue weighted by Gasteiger charge is -2.25. The van der Waals surface area contributed by atoms with E-state index in [2.05, 4.69) is 74.5 Å². The van der Waals surface area contributed by atoms with Crippen molar-refractivity contribution in [3.8, 4) is 0 Å². The molecular weight excluding hydrogens is 256 g/mol. The quantitative estimate of drug-likeness (QED) is 0.598. The molecule has 0 fully saturated rings. The minimum atomic E-state index is 0.0375. The van der Waals surface area contributed by atoms with Crippen molar-refractivity contribution in [3.05, 3.63) is 71.8 Å². The van der Waals surface area contributed by atoms with Crippen LogP contribution in [-0.4, -0.2) is 6.10 Å². The van der Waals surface area contributed by atoms with Crippen molar-refractivity contribution in [1.82, 2.24) is 0 Å². The van der Waals surface area contributed by atoms with E-state index < -0.39 is 0 Å². The Labute approximate surface area is 129 Å². The van der Waals surface area contributed by atoms with Crippen LogP contribution in [-0.2, 0) is 4.74 Å². The fraction of sp³-hybridized carbons (Fsp3) is 0.400. The maximum Gasteiger partial charge on any atom is 0.108 e. The van der Waals surface area contributed by atoms with E-state index in [9.17, 15) is 0 Å². The number of hydrogen-bond acceptors (Lipinski definition) is 1. The second-order valence-electron chi connectivity index (χ2n) is 5.54. The summed E-state index contributed by atoms with van der Waals surface area (Å²) >= 11 is 0. The average Bonchev–Trinajstić information content (AvgIpc) is 2.54. The number of ether oxygens (including phenoxy) is 1. The lowest BCUT2D eigenvalue weighted by Crippen LogP contribution is -2.17. The van der Waals surface area contributed by atoms with E-state index in [1.54, 1.807) is 0 Å². The standard InChI is InChI=1S/C20H26O/c1-3-11-19(12-4-2)21-20(17-13-7-5-8-14-17)18-15-9-6-10-16-18/h5-10,13-16,19-20H,3-4,11-12H2,1-2H3. The Bertz CT molecular complexity index is 446. The van der Waals surface area contributed by atoms with Crippen molar-refractivity contribution in [1.29, 1.82) is 0 Å². The van der Waals surface area contributed by atoms with Crippen LogP contribution in [0.4, 0.5) is 0 Å². The lowest BCUT2D eigenvalue weighted by atomic mass is 10.0. The van der Waals surface area contributed by atoms with Crippen molar-refractivity contribution in [3.63, 3.8) is 0 Å². The van der Waals surface area contributed by atoms with Gasteiger partial charge in [-0.2, -0.15) is 0 Å². The molecule has 112 valence electrons. The minimum Gasteiger partial charge on any atom is -0.366 e. The van der Waals surface area contributed by atoms with Gasteiger partial charge in [-0.1, -0.05) is 87.4 Å². The summed E-state index contributed by atoms with van der Waals surface area (Å²) < 4.78 is 6.50. The molecule has 0 aliphatic rings. The molecule has 0 saturated heterocycles. The molecule has 1 nitrogen and oxygen atoms in total. The molecule has 0 heterocycles. The highest BCUT2D eigenvalue weighted by Gasteiger charge is 2.19. The van der Waals surface area contributed by atoms with E-state index in [1.165, 1.54) is 24.0 Å². The van der Waals surface area contributed by atoms with Gasteiger partial charge in [-0.25, -0.2) is 0 Å². The smallest absolute Gasteiger partial charge is 0.108 e. The molecule has 0 aliphatic heterocycles. The molecule has 0 atom stereocenters. The monoisotopic (exact) mass is 282 g/mol. The molecule has 0 aromatic heterocycles. The first-order valence-electron chi connectivity index (χ1n) is 8.10. The van der Waals surface area contributed by atoms with Gasteiger partial charge >= 0.3 is 0 Å². The van der Waals surface area contributed by atoms with E-state index in [-0.39, 0.29) is 6.10 Å². The topological polar surface area (TPSA) is 9.23 Å².